The molecule has 0 saturated carbocycles. The summed E-state index contributed by atoms with van der Waals surface area (Å²) >= 11 is 0. The predicted octanol–water partition coefficient (Wildman–Crippen LogP) is 2.27. The van der Waals surface area contributed by atoms with Crippen LogP contribution in [0.3, 0.4) is 0 Å². The number of carbonyl (C=O) groups is 1. The van der Waals surface area contributed by atoms with Crippen LogP contribution in [0.25, 0.3) is 0 Å². The average molecular weight is 352 g/mol. The van der Waals surface area contributed by atoms with E-state index in [0.717, 1.165) is 0 Å². The Labute approximate surface area is 143 Å². The summed E-state index contributed by atoms with van der Waals surface area (Å²) in [5.74, 6) is -0.265. The van der Waals surface area contributed by atoms with Gasteiger partial charge in [0, 0.05) is 38.5 Å². The van der Waals surface area contributed by atoms with Gasteiger partial charge < -0.3 is 18.9 Å². The molecule has 1 heterocycles. The third-order valence-electron chi connectivity index (χ3n) is 3.56. The number of nitrogens with zero attached hydrogens (tertiary/aromatic N) is 2. The Hall–Kier alpha value is -2.90. The lowest BCUT2D eigenvalue weighted by Crippen LogP contribution is -2.28. The van der Waals surface area contributed by atoms with Crippen molar-refractivity contribution in [1.82, 2.24) is 9.47 Å². The fraction of sp³-hybridized carbons (Fsp3) is 0.294. The molecule has 1 aromatic carbocycles. The van der Waals surface area contributed by atoms with E-state index in [9.17, 15) is 18.4 Å². The van der Waals surface area contributed by atoms with E-state index in [4.69, 9.17) is 4.74 Å². The molecule has 8 heteroatoms. The molecule has 0 saturated heterocycles. The first-order chi connectivity index (χ1) is 11.8. The van der Waals surface area contributed by atoms with Crippen LogP contribution >= 0.6 is 0 Å². The summed E-state index contributed by atoms with van der Waals surface area (Å²) in [6.07, 6.45) is 1.52. The molecule has 0 bridgehead atoms. The molecular formula is C17H18F2N2O4. The molecule has 0 aliphatic rings. The number of alkyl halides is 2. The first kappa shape index (κ1) is 18.4. The molecule has 134 valence electrons. The molecule has 0 spiro atoms. The van der Waals surface area contributed by atoms with Crippen molar-refractivity contribution in [1.29, 1.82) is 0 Å². The summed E-state index contributed by atoms with van der Waals surface area (Å²) in [5.41, 5.74) is 0.655. The van der Waals surface area contributed by atoms with Crippen LogP contribution in [0.1, 0.15) is 15.9 Å². The molecule has 0 atom stereocenters. The molecule has 0 fully saturated rings. The number of halogens is 2. The number of methoxy groups -OCH3 is 1. The van der Waals surface area contributed by atoms with E-state index in [1.165, 1.54) is 41.0 Å². The second kappa shape index (κ2) is 7.78. The van der Waals surface area contributed by atoms with Crippen LogP contribution in [0.4, 0.5) is 8.78 Å². The average Bonchev–Trinajstić information content (AvgIpc) is 2.57. The van der Waals surface area contributed by atoms with Crippen molar-refractivity contribution in [3.8, 4) is 11.5 Å². The number of aromatic nitrogens is 1. The van der Waals surface area contributed by atoms with Crippen LogP contribution in [-0.2, 0) is 13.6 Å². The highest BCUT2D eigenvalue weighted by molar-refractivity contribution is 5.93. The van der Waals surface area contributed by atoms with Gasteiger partial charge in [-0.05, 0) is 23.8 Å². The highest BCUT2D eigenvalue weighted by atomic mass is 19.3. The van der Waals surface area contributed by atoms with E-state index in [-0.39, 0.29) is 35.1 Å². The molecule has 2 rings (SSSR count). The molecule has 0 aliphatic heterocycles. The lowest BCUT2D eigenvalue weighted by Gasteiger charge is -2.18. The van der Waals surface area contributed by atoms with Gasteiger partial charge >= 0.3 is 6.61 Å². The molecule has 0 N–H and O–H groups in total. The molecule has 0 aliphatic carbocycles. The number of hydrogen-bond donors (Lipinski definition) is 0. The van der Waals surface area contributed by atoms with Gasteiger partial charge in [-0.15, -0.1) is 0 Å². The molecule has 25 heavy (non-hydrogen) atoms. The van der Waals surface area contributed by atoms with Crippen molar-refractivity contribution in [2.45, 2.75) is 13.2 Å². The van der Waals surface area contributed by atoms with Crippen molar-refractivity contribution in [2.75, 3.05) is 14.2 Å². The topological polar surface area (TPSA) is 60.8 Å². The lowest BCUT2D eigenvalue weighted by atomic mass is 10.1. The van der Waals surface area contributed by atoms with Gasteiger partial charge in [0.1, 0.15) is 0 Å². The van der Waals surface area contributed by atoms with Crippen LogP contribution in [0, 0.1) is 0 Å². The number of aryl methyl sites for hydroxylation is 1. The van der Waals surface area contributed by atoms with Gasteiger partial charge in [-0.1, -0.05) is 6.07 Å². The first-order valence-corrected chi connectivity index (χ1v) is 7.35. The minimum atomic E-state index is -2.95. The summed E-state index contributed by atoms with van der Waals surface area (Å²) < 4.78 is 35.5. The SMILES string of the molecule is COc1cc(CN(C)C(=O)c2ccn(C)c(=O)c2)ccc1OC(F)F. The van der Waals surface area contributed by atoms with E-state index < -0.39 is 6.61 Å². The van der Waals surface area contributed by atoms with Gasteiger partial charge in [-0.3, -0.25) is 9.59 Å². The van der Waals surface area contributed by atoms with E-state index in [2.05, 4.69) is 4.74 Å². The highest BCUT2D eigenvalue weighted by Crippen LogP contribution is 2.29. The van der Waals surface area contributed by atoms with Gasteiger partial charge in [0.25, 0.3) is 11.5 Å². The minimum Gasteiger partial charge on any atom is -0.493 e. The van der Waals surface area contributed by atoms with Crippen LogP contribution in [-0.4, -0.2) is 36.1 Å². The molecule has 6 nitrogen and oxygen atoms in total. The number of hydrogen-bond acceptors (Lipinski definition) is 4. The van der Waals surface area contributed by atoms with E-state index >= 15 is 0 Å². The van der Waals surface area contributed by atoms with Gasteiger partial charge in [-0.25, -0.2) is 0 Å². The summed E-state index contributed by atoms with van der Waals surface area (Å²) in [5, 5.41) is 0. The standard InChI is InChI=1S/C17H18F2N2O4/c1-20-7-6-12(9-15(20)22)16(23)21(2)10-11-4-5-13(25-17(18)19)14(8-11)24-3/h4-9,17H,10H2,1-3H3. The smallest absolute Gasteiger partial charge is 0.387 e. The predicted molar refractivity (Wildman–Crippen MR) is 87.1 cm³/mol. The molecule has 0 radical (unpaired) electrons. The zero-order valence-corrected chi connectivity index (χ0v) is 14.0. The quantitative estimate of drug-likeness (QED) is 0.800. The Kier molecular flexibility index (Phi) is 5.74. The van der Waals surface area contributed by atoms with E-state index in [0.29, 0.717) is 5.56 Å². The maximum absolute atomic E-state index is 12.4. The first-order valence-electron chi connectivity index (χ1n) is 7.35. The third kappa shape index (κ3) is 4.56. The van der Waals surface area contributed by atoms with E-state index in [1.54, 1.807) is 26.2 Å². The largest absolute Gasteiger partial charge is 0.493 e. The molecule has 1 amide bonds. The third-order valence-corrected chi connectivity index (χ3v) is 3.56. The van der Waals surface area contributed by atoms with Crippen molar-refractivity contribution in [3.63, 3.8) is 0 Å². The Morgan fingerprint density at radius 1 is 1.24 bits per heavy atom. The Bertz CT molecular complexity index is 821. The number of rotatable bonds is 6. The molecular weight excluding hydrogens is 334 g/mol. The Balaban J connectivity index is 2.16. The second-order valence-electron chi connectivity index (χ2n) is 5.39. The zero-order chi connectivity index (χ0) is 18.6. The van der Waals surface area contributed by atoms with Gasteiger partial charge in [0.2, 0.25) is 0 Å². The fourth-order valence-corrected chi connectivity index (χ4v) is 2.25. The van der Waals surface area contributed by atoms with Crippen molar-refractivity contribution >= 4 is 5.91 Å². The molecule has 1 aromatic heterocycles. The molecule has 2 aromatic rings. The Morgan fingerprint density at radius 3 is 2.56 bits per heavy atom. The fourth-order valence-electron chi connectivity index (χ4n) is 2.25. The van der Waals surface area contributed by atoms with Crippen LogP contribution < -0.4 is 15.0 Å². The van der Waals surface area contributed by atoms with Gasteiger partial charge in [0.15, 0.2) is 11.5 Å². The monoisotopic (exact) mass is 352 g/mol. The minimum absolute atomic E-state index is 0.0817. The summed E-state index contributed by atoms with van der Waals surface area (Å²) in [6.45, 7) is -2.75. The van der Waals surface area contributed by atoms with Crippen molar-refractivity contribution < 1.29 is 23.0 Å². The molecule has 0 unspecified atom stereocenters. The van der Waals surface area contributed by atoms with Crippen LogP contribution in [0.15, 0.2) is 41.3 Å². The number of pyridine rings is 1. The number of amides is 1. The van der Waals surface area contributed by atoms with Crippen LogP contribution in [0.2, 0.25) is 0 Å². The second-order valence-corrected chi connectivity index (χ2v) is 5.39. The van der Waals surface area contributed by atoms with Crippen LogP contribution in [0.5, 0.6) is 11.5 Å². The highest BCUT2D eigenvalue weighted by Gasteiger charge is 2.15. The maximum Gasteiger partial charge on any atom is 0.387 e. The summed E-state index contributed by atoms with van der Waals surface area (Å²) in [7, 11) is 4.51. The van der Waals surface area contributed by atoms with E-state index in [1.807, 2.05) is 0 Å². The van der Waals surface area contributed by atoms with Gasteiger partial charge in [-0.2, -0.15) is 8.78 Å². The van der Waals surface area contributed by atoms with Crippen molar-refractivity contribution in [3.05, 3.63) is 58.0 Å². The summed E-state index contributed by atoms with van der Waals surface area (Å²) in [4.78, 5) is 25.5. The number of carbonyl (C=O) groups excluding carboxylic acids is 1. The zero-order valence-electron chi connectivity index (χ0n) is 14.0. The maximum atomic E-state index is 12.4. The summed E-state index contributed by atoms with van der Waals surface area (Å²) in [6, 6.07) is 7.26. The number of benzene rings is 1. The number of ether oxygens (including phenoxy) is 2. The Morgan fingerprint density at radius 2 is 1.96 bits per heavy atom. The van der Waals surface area contributed by atoms with Crippen molar-refractivity contribution in [2.24, 2.45) is 7.05 Å². The normalized spacial score (nSPS) is 10.6. The van der Waals surface area contributed by atoms with Gasteiger partial charge in [0.05, 0.1) is 7.11 Å². The lowest BCUT2D eigenvalue weighted by molar-refractivity contribution is -0.0512.